The molecule has 0 bridgehead atoms. The van der Waals surface area contributed by atoms with Crippen molar-refractivity contribution in [2.75, 3.05) is 20.3 Å². The number of carbonyl (C=O) groups is 1. The van der Waals surface area contributed by atoms with Gasteiger partial charge in [-0.3, -0.25) is 5.32 Å². The normalized spacial score (nSPS) is 20.5. The van der Waals surface area contributed by atoms with Crippen LogP contribution in [0, 0.1) is 13.8 Å². The maximum absolute atomic E-state index is 12.0. The van der Waals surface area contributed by atoms with Crippen LogP contribution in [0.25, 0.3) is 0 Å². The van der Waals surface area contributed by atoms with Crippen LogP contribution in [0.4, 0.5) is 0 Å². The molecule has 2 atom stereocenters. The first kappa shape index (κ1) is 14.5. The third-order valence-corrected chi connectivity index (χ3v) is 4.38. The molecule has 1 fully saturated rings. The largest absolute Gasteiger partial charge is 0.468 e. The Labute approximate surface area is 118 Å². The number of esters is 1. The molecular weight excluding hydrogens is 262 g/mol. The second-order valence-electron chi connectivity index (χ2n) is 4.87. The van der Waals surface area contributed by atoms with E-state index in [1.54, 1.807) is 11.3 Å². The zero-order chi connectivity index (χ0) is 13.8. The highest BCUT2D eigenvalue weighted by molar-refractivity contribution is 7.12. The Kier molecular flexibility index (Phi) is 4.96. The van der Waals surface area contributed by atoms with Gasteiger partial charge in [0.05, 0.1) is 13.2 Å². The Hall–Kier alpha value is -0.910. The van der Waals surface area contributed by atoms with E-state index in [0.29, 0.717) is 6.54 Å². The van der Waals surface area contributed by atoms with Crippen LogP contribution in [0.1, 0.15) is 34.2 Å². The van der Waals surface area contributed by atoms with Gasteiger partial charge in [-0.2, -0.15) is 0 Å². The molecule has 4 nitrogen and oxygen atoms in total. The molecule has 0 spiro atoms. The van der Waals surface area contributed by atoms with Crippen molar-refractivity contribution in [3.63, 3.8) is 0 Å². The number of aryl methyl sites for hydroxylation is 2. The van der Waals surface area contributed by atoms with Crippen LogP contribution < -0.4 is 5.32 Å². The highest BCUT2D eigenvalue weighted by Crippen LogP contribution is 2.27. The van der Waals surface area contributed by atoms with Gasteiger partial charge in [0.25, 0.3) is 0 Å². The maximum atomic E-state index is 12.0. The van der Waals surface area contributed by atoms with Crippen molar-refractivity contribution in [1.29, 1.82) is 0 Å². The minimum absolute atomic E-state index is 0.215. The number of rotatable bonds is 5. The average molecular weight is 283 g/mol. The van der Waals surface area contributed by atoms with Crippen LogP contribution >= 0.6 is 11.3 Å². The Bertz CT molecular complexity index is 438. The third kappa shape index (κ3) is 3.55. The van der Waals surface area contributed by atoms with Gasteiger partial charge < -0.3 is 9.47 Å². The molecule has 1 N–H and O–H groups in total. The molecule has 1 aliphatic heterocycles. The molecule has 2 unspecified atom stereocenters. The topological polar surface area (TPSA) is 47.6 Å². The summed E-state index contributed by atoms with van der Waals surface area (Å²) in [5, 5.41) is 3.29. The lowest BCUT2D eigenvalue weighted by Crippen LogP contribution is -2.35. The monoisotopic (exact) mass is 283 g/mol. The number of carbonyl (C=O) groups excluding carboxylic acids is 1. The minimum atomic E-state index is -0.390. The zero-order valence-electron chi connectivity index (χ0n) is 11.7. The molecule has 0 saturated carbocycles. The van der Waals surface area contributed by atoms with Crippen molar-refractivity contribution in [3.8, 4) is 0 Å². The highest BCUT2D eigenvalue weighted by Gasteiger charge is 2.26. The van der Waals surface area contributed by atoms with Crippen LogP contribution in [0.15, 0.2) is 6.07 Å². The molecular formula is C14H21NO3S. The SMILES string of the molecule is COC(=O)C(NCC1CCCO1)c1cc(C)sc1C. The van der Waals surface area contributed by atoms with Gasteiger partial charge in [0.2, 0.25) is 0 Å². The van der Waals surface area contributed by atoms with E-state index in [4.69, 9.17) is 9.47 Å². The number of nitrogens with one attached hydrogen (secondary N) is 1. The fourth-order valence-corrected chi connectivity index (χ4v) is 3.39. The minimum Gasteiger partial charge on any atom is -0.468 e. The molecule has 1 aromatic heterocycles. The van der Waals surface area contributed by atoms with E-state index < -0.39 is 0 Å². The van der Waals surface area contributed by atoms with E-state index >= 15 is 0 Å². The molecule has 0 amide bonds. The summed E-state index contributed by atoms with van der Waals surface area (Å²) in [5.74, 6) is -0.237. The Morgan fingerprint density at radius 1 is 1.63 bits per heavy atom. The van der Waals surface area contributed by atoms with E-state index in [1.165, 1.54) is 12.0 Å². The summed E-state index contributed by atoms with van der Waals surface area (Å²) >= 11 is 1.70. The first-order valence-electron chi connectivity index (χ1n) is 6.61. The van der Waals surface area contributed by atoms with Crippen molar-refractivity contribution in [2.24, 2.45) is 0 Å². The molecule has 2 rings (SSSR count). The zero-order valence-corrected chi connectivity index (χ0v) is 12.5. The fraction of sp³-hybridized carbons (Fsp3) is 0.643. The van der Waals surface area contributed by atoms with Gasteiger partial charge in [0.15, 0.2) is 0 Å². The van der Waals surface area contributed by atoms with Gasteiger partial charge in [-0.25, -0.2) is 4.79 Å². The number of hydrogen-bond donors (Lipinski definition) is 1. The molecule has 1 aromatic rings. The predicted molar refractivity (Wildman–Crippen MR) is 75.5 cm³/mol. The molecule has 0 aliphatic carbocycles. The second-order valence-corrected chi connectivity index (χ2v) is 6.33. The second kappa shape index (κ2) is 6.50. The molecule has 1 aliphatic rings. The van der Waals surface area contributed by atoms with Crippen LogP contribution in [0.2, 0.25) is 0 Å². The van der Waals surface area contributed by atoms with Crippen molar-refractivity contribution >= 4 is 17.3 Å². The van der Waals surface area contributed by atoms with Gasteiger partial charge in [-0.15, -0.1) is 11.3 Å². The van der Waals surface area contributed by atoms with Crippen LogP contribution in [0.5, 0.6) is 0 Å². The van der Waals surface area contributed by atoms with Crippen molar-refractivity contribution in [2.45, 2.75) is 38.8 Å². The maximum Gasteiger partial charge on any atom is 0.327 e. The number of ether oxygens (including phenoxy) is 2. The molecule has 0 radical (unpaired) electrons. The van der Waals surface area contributed by atoms with Gasteiger partial charge in [-0.1, -0.05) is 0 Å². The van der Waals surface area contributed by atoms with Crippen LogP contribution in [-0.4, -0.2) is 32.3 Å². The average Bonchev–Trinajstić information content (AvgIpc) is 3.00. The summed E-state index contributed by atoms with van der Waals surface area (Å²) in [5.41, 5.74) is 1.02. The van der Waals surface area contributed by atoms with Gasteiger partial charge >= 0.3 is 5.97 Å². The lowest BCUT2D eigenvalue weighted by atomic mass is 10.1. The number of thiophene rings is 1. The molecule has 1 saturated heterocycles. The first-order chi connectivity index (χ1) is 9.11. The van der Waals surface area contributed by atoms with E-state index in [0.717, 1.165) is 29.9 Å². The number of methoxy groups -OCH3 is 1. The van der Waals surface area contributed by atoms with Crippen LogP contribution in [0.3, 0.4) is 0 Å². The van der Waals surface area contributed by atoms with E-state index in [-0.39, 0.29) is 18.1 Å². The lowest BCUT2D eigenvalue weighted by molar-refractivity contribution is -0.143. The predicted octanol–water partition coefficient (Wildman–Crippen LogP) is 2.35. The summed E-state index contributed by atoms with van der Waals surface area (Å²) in [7, 11) is 1.43. The molecule has 106 valence electrons. The Morgan fingerprint density at radius 3 is 2.95 bits per heavy atom. The van der Waals surface area contributed by atoms with E-state index in [1.807, 2.05) is 6.92 Å². The van der Waals surface area contributed by atoms with Crippen LogP contribution in [-0.2, 0) is 14.3 Å². The van der Waals surface area contributed by atoms with Crippen molar-refractivity contribution in [1.82, 2.24) is 5.32 Å². The summed E-state index contributed by atoms with van der Waals surface area (Å²) in [6.45, 7) is 5.60. The lowest BCUT2D eigenvalue weighted by Gasteiger charge is -2.19. The molecule has 19 heavy (non-hydrogen) atoms. The number of hydrogen-bond acceptors (Lipinski definition) is 5. The smallest absolute Gasteiger partial charge is 0.327 e. The quantitative estimate of drug-likeness (QED) is 0.843. The fourth-order valence-electron chi connectivity index (χ4n) is 2.43. The highest BCUT2D eigenvalue weighted by atomic mass is 32.1. The van der Waals surface area contributed by atoms with E-state index in [9.17, 15) is 4.79 Å². The Morgan fingerprint density at radius 2 is 2.42 bits per heavy atom. The molecule has 0 aromatic carbocycles. The third-order valence-electron chi connectivity index (χ3n) is 3.40. The van der Waals surface area contributed by atoms with Crippen molar-refractivity contribution in [3.05, 3.63) is 21.4 Å². The summed E-state index contributed by atoms with van der Waals surface area (Å²) < 4.78 is 10.5. The van der Waals surface area contributed by atoms with Gasteiger partial charge in [-0.05, 0) is 38.3 Å². The first-order valence-corrected chi connectivity index (χ1v) is 7.43. The van der Waals surface area contributed by atoms with E-state index in [2.05, 4.69) is 18.3 Å². The molecule has 5 heteroatoms. The van der Waals surface area contributed by atoms with Gasteiger partial charge in [0.1, 0.15) is 6.04 Å². The standard InChI is InChI=1S/C14H21NO3S/c1-9-7-12(10(2)19-9)13(14(16)17-3)15-8-11-5-4-6-18-11/h7,11,13,15H,4-6,8H2,1-3H3. The molecule has 2 heterocycles. The van der Waals surface area contributed by atoms with Gasteiger partial charge in [0, 0.05) is 22.9 Å². The van der Waals surface area contributed by atoms with Crippen molar-refractivity contribution < 1.29 is 14.3 Å². The Balaban J connectivity index is 2.07. The summed E-state index contributed by atoms with van der Waals surface area (Å²) in [6, 6.07) is 1.67. The summed E-state index contributed by atoms with van der Waals surface area (Å²) in [4.78, 5) is 14.3. The summed E-state index contributed by atoms with van der Waals surface area (Å²) in [6.07, 6.45) is 2.38.